The lowest BCUT2D eigenvalue weighted by Gasteiger charge is -2.27. The number of carboxylic acids is 1. The van der Waals surface area contributed by atoms with Crippen molar-refractivity contribution < 1.29 is 14.7 Å². The van der Waals surface area contributed by atoms with Crippen LogP contribution in [0.4, 0.5) is 4.79 Å². The average Bonchev–Trinajstić information content (AvgIpc) is 2.97. The van der Waals surface area contributed by atoms with Gasteiger partial charge in [0.05, 0.1) is 3.79 Å². The standard InChI is InChI=1S/C12H15BrN2O3S/c1-14(6-8-5-10(13)19-7-8)12(18)15-4-2-3-9(15)11(16)17/h5,7,9H,2-4,6H2,1H3,(H,16,17)/t9-/m0/s1. The molecule has 1 aliphatic rings. The van der Waals surface area contributed by atoms with Gasteiger partial charge in [0.15, 0.2) is 0 Å². The number of hydrogen-bond acceptors (Lipinski definition) is 3. The van der Waals surface area contributed by atoms with Gasteiger partial charge in [-0.1, -0.05) is 0 Å². The number of likely N-dealkylation sites (tertiary alicyclic amines) is 1. The number of rotatable bonds is 3. The summed E-state index contributed by atoms with van der Waals surface area (Å²) in [6.07, 6.45) is 1.29. The van der Waals surface area contributed by atoms with Crippen molar-refractivity contribution in [2.24, 2.45) is 0 Å². The van der Waals surface area contributed by atoms with Gasteiger partial charge < -0.3 is 14.9 Å². The van der Waals surface area contributed by atoms with Crippen LogP contribution in [0.3, 0.4) is 0 Å². The normalized spacial score (nSPS) is 18.6. The molecule has 7 heteroatoms. The van der Waals surface area contributed by atoms with Gasteiger partial charge in [0.1, 0.15) is 6.04 Å². The molecule has 0 unspecified atom stereocenters. The van der Waals surface area contributed by atoms with Gasteiger partial charge in [-0.05, 0) is 45.8 Å². The maximum atomic E-state index is 12.3. The van der Waals surface area contributed by atoms with E-state index in [-0.39, 0.29) is 6.03 Å². The molecule has 1 fully saturated rings. The van der Waals surface area contributed by atoms with E-state index in [0.29, 0.717) is 19.5 Å². The van der Waals surface area contributed by atoms with Gasteiger partial charge in [-0.3, -0.25) is 0 Å². The molecule has 0 radical (unpaired) electrons. The van der Waals surface area contributed by atoms with Crippen molar-refractivity contribution in [1.82, 2.24) is 9.80 Å². The summed E-state index contributed by atoms with van der Waals surface area (Å²) in [7, 11) is 1.70. The van der Waals surface area contributed by atoms with Gasteiger partial charge in [0, 0.05) is 20.1 Å². The van der Waals surface area contributed by atoms with E-state index in [2.05, 4.69) is 15.9 Å². The molecule has 1 aliphatic heterocycles. The van der Waals surface area contributed by atoms with Gasteiger partial charge in [-0.2, -0.15) is 0 Å². The van der Waals surface area contributed by atoms with Crippen molar-refractivity contribution in [3.05, 3.63) is 20.8 Å². The molecule has 0 spiro atoms. The number of hydrogen-bond donors (Lipinski definition) is 1. The van der Waals surface area contributed by atoms with Gasteiger partial charge in [-0.25, -0.2) is 9.59 Å². The summed E-state index contributed by atoms with van der Waals surface area (Å²) in [4.78, 5) is 26.3. The van der Waals surface area contributed by atoms with E-state index in [9.17, 15) is 9.59 Å². The van der Waals surface area contributed by atoms with Crippen LogP contribution in [0, 0.1) is 0 Å². The maximum absolute atomic E-state index is 12.3. The van der Waals surface area contributed by atoms with Crippen LogP contribution in [-0.4, -0.2) is 46.5 Å². The lowest BCUT2D eigenvalue weighted by Crippen LogP contribution is -2.46. The molecule has 0 aromatic carbocycles. The molecule has 104 valence electrons. The summed E-state index contributed by atoms with van der Waals surface area (Å²) in [5.41, 5.74) is 1.04. The topological polar surface area (TPSA) is 60.9 Å². The third kappa shape index (κ3) is 3.27. The Kier molecular flexibility index (Phi) is 4.46. The van der Waals surface area contributed by atoms with Crippen molar-refractivity contribution in [2.75, 3.05) is 13.6 Å². The number of amides is 2. The quantitative estimate of drug-likeness (QED) is 0.914. The molecule has 2 amide bonds. The molecule has 5 nitrogen and oxygen atoms in total. The Morgan fingerprint density at radius 2 is 2.37 bits per heavy atom. The van der Waals surface area contributed by atoms with Crippen molar-refractivity contribution in [3.8, 4) is 0 Å². The van der Waals surface area contributed by atoms with Crippen LogP contribution in [0.25, 0.3) is 0 Å². The lowest BCUT2D eigenvalue weighted by atomic mass is 10.2. The first-order valence-corrected chi connectivity index (χ1v) is 7.63. The van der Waals surface area contributed by atoms with Gasteiger partial charge in [0.25, 0.3) is 0 Å². The molecule has 2 rings (SSSR count). The average molecular weight is 347 g/mol. The fraction of sp³-hybridized carbons (Fsp3) is 0.500. The first kappa shape index (κ1) is 14.3. The fourth-order valence-corrected chi connectivity index (χ4v) is 3.44. The summed E-state index contributed by atoms with van der Waals surface area (Å²) in [6.45, 7) is 1.01. The molecule has 0 aliphatic carbocycles. The minimum absolute atomic E-state index is 0.216. The highest BCUT2D eigenvalue weighted by Gasteiger charge is 2.35. The number of carbonyl (C=O) groups is 2. The summed E-state index contributed by atoms with van der Waals surface area (Å²) >= 11 is 4.95. The highest BCUT2D eigenvalue weighted by atomic mass is 79.9. The van der Waals surface area contributed by atoms with Crippen LogP contribution in [-0.2, 0) is 11.3 Å². The zero-order chi connectivity index (χ0) is 14.0. The zero-order valence-corrected chi connectivity index (χ0v) is 12.9. The van der Waals surface area contributed by atoms with E-state index in [0.717, 1.165) is 15.8 Å². The van der Waals surface area contributed by atoms with E-state index in [1.165, 1.54) is 4.90 Å². The zero-order valence-electron chi connectivity index (χ0n) is 10.5. The molecule has 1 atom stereocenters. The Morgan fingerprint density at radius 3 is 2.95 bits per heavy atom. The highest BCUT2D eigenvalue weighted by Crippen LogP contribution is 2.23. The first-order chi connectivity index (χ1) is 8.99. The SMILES string of the molecule is CN(Cc1csc(Br)c1)C(=O)N1CCC[C@H]1C(=O)O. The summed E-state index contributed by atoms with van der Waals surface area (Å²) in [5, 5.41) is 11.1. The summed E-state index contributed by atoms with van der Waals surface area (Å²) in [6, 6.07) is 1.07. The minimum atomic E-state index is -0.919. The number of carboxylic acid groups (broad SMARTS) is 1. The third-order valence-corrected chi connectivity index (χ3v) is 4.70. The molecule has 0 bridgehead atoms. The van der Waals surface area contributed by atoms with E-state index >= 15 is 0 Å². The molecule has 1 N–H and O–H groups in total. The smallest absolute Gasteiger partial charge is 0.326 e. The van der Waals surface area contributed by atoms with Crippen LogP contribution in [0.1, 0.15) is 18.4 Å². The van der Waals surface area contributed by atoms with Gasteiger partial charge >= 0.3 is 12.0 Å². The molecule has 0 saturated carbocycles. The molecule has 2 heterocycles. The summed E-state index contributed by atoms with van der Waals surface area (Å²) in [5.74, 6) is -0.919. The number of carbonyl (C=O) groups excluding carboxylic acids is 1. The van der Waals surface area contributed by atoms with E-state index in [1.807, 2.05) is 11.4 Å². The second kappa shape index (κ2) is 5.92. The van der Waals surface area contributed by atoms with Crippen LogP contribution in [0.2, 0.25) is 0 Å². The van der Waals surface area contributed by atoms with Gasteiger partial charge in [-0.15, -0.1) is 11.3 Å². The molecular formula is C12H15BrN2O3S. The highest BCUT2D eigenvalue weighted by molar-refractivity contribution is 9.11. The predicted molar refractivity (Wildman–Crippen MR) is 76.2 cm³/mol. The number of nitrogens with zero attached hydrogens (tertiary/aromatic N) is 2. The predicted octanol–water partition coefficient (Wildman–Crippen LogP) is 2.61. The number of aliphatic carboxylic acids is 1. The third-order valence-electron chi connectivity index (χ3n) is 3.15. The first-order valence-electron chi connectivity index (χ1n) is 5.96. The Hall–Kier alpha value is -1.08. The second-order valence-electron chi connectivity index (χ2n) is 4.59. The van der Waals surface area contributed by atoms with Gasteiger partial charge in [0.2, 0.25) is 0 Å². The summed E-state index contributed by atoms with van der Waals surface area (Å²) < 4.78 is 1.02. The van der Waals surface area contributed by atoms with Crippen molar-refractivity contribution >= 4 is 39.3 Å². The lowest BCUT2D eigenvalue weighted by molar-refractivity contribution is -0.141. The fourth-order valence-electron chi connectivity index (χ4n) is 2.24. The van der Waals surface area contributed by atoms with E-state index in [1.54, 1.807) is 23.3 Å². The number of halogens is 1. The van der Waals surface area contributed by atoms with E-state index in [4.69, 9.17) is 5.11 Å². The van der Waals surface area contributed by atoms with Crippen LogP contribution < -0.4 is 0 Å². The van der Waals surface area contributed by atoms with Crippen molar-refractivity contribution in [2.45, 2.75) is 25.4 Å². The molecule has 1 saturated heterocycles. The maximum Gasteiger partial charge on any atom is 0.326 e. The largest absolute Gasteiger partial charge is 0.480 e. The monoisotopic (exact) mass is 346 g/mol. The number of urea groups is 1. The van der Waals surface area contributed by atoms with Crippen molar-refractivity contribution in [1.29, 1.82) is 0 Å². The van der Waals surface area contributed by atoms with Crippen LogP contribution in [0.15, 0.2) is 15.2 Å². The van der Waals surface area contributed by atoms with Crippen LogP contribution in [0.5, 0.6) is 0 Å². The Balaban J connectivity index is 2.00. The molecular weight excluding hydrogens is 332 g/mol. The Morgan fingerprint density at radius 1 is 1.63 bits per heavy atom. The minimum Gasteiger partial charge on any atom is -0.480 e. The molecule has 1 aromatic rings. The van der Waals surface area contributed by atoms with Crippen LogP contribution >= 0.6 is 27.3 Å². The molecule has 19 heavy (non-hydrogen) atoms. The Labute approximate surface area is 123 Å². The Bertz CT molecular complexity index is 491. The van der Waals surface area contributed by atoms with E-state index < -0.39 is 12.0 Å². The number of thiophene rings is 1. The van der Waals surface area contributed by atoms with Crippen molar-refractivity contribution in [3.63, 3.8) is 0 Å². The molecule has 1 aromatic heterocycles. The second-order valence-corrected chi connectivity index (χ2v) is 6.88.